The van der Waals surface area contributed by atoms with Crippen molar-refractivity contribution in [1.82, 2.24) is 5.32 Å². The first-order valence-corrected chi connectivity index (χ1v) is 7.34. The van der Waals surface area contributed by atoms with Crippen LogP contribution in [0.2, 0.25) is 0 Å². The van der Waals surface area contributed by atoms with Crippen molar-refractivity contribution in [2.75, 3.05) is 6.54 Å². The van der Waals surface area contributed by atoms with Crippen molar-refractivity contribution in [3.05, 3.63) is 47.7 Å². The van der Waals surface area contributed by atoms with Crippen molar-refractivity contribution in [3.8, 4) is 11.3 Å². The lowest BCUT2D eigenvalue weighted by Crippen LogP contribution is -3.00. The van der Waals surface area contributed by atoms with E-state index in [2.05, 4.69) is 12.2 Å². The number of aromatic carboxylic acids is 1. The van der Waals surface area contributed by atoms with Gasteiger partial charge >= 0.3 is 5.97 Å². The number of carbonyl (C=O) groups is 1. The van der Waals surface area contributed by atoms with Gasteiger partial charge in [-0.25, -0.2) is 4.79 Å². The maximum Gasteiger partial charge on any atom is 0.335 e. The van der Waals surface area contributed by atoms with E-state index in [-0.39, 0.29) is 18.0 Å². The molecular weight excluding hydrogens is 302 g/mol. The molecular formula is C17H21ClNO3-. The summed E-state index contributed by atoms with van der Waals surface area (Å²) in [6.07, 6.45) is 3.64. The molecule has 1 heterocycles. The molecule has 0 aliphatic heterocycles. The first-order chi connectivity index (χ1) is 10.2. The van der Waals surface area contributed by atoms with Crippen molar-refractivity contribution in [3.63, 3.8) is 0 Å². The summed E-state index contributed by atoms with van der Waals surface area (Å²) in [5.41, 5.74) is 1.17. The third-order valence-electron chi connectivity index (χ3n) is 3.33. The largest absolute Gasteiger partial charge is 1.00 e. The zero-order valence-corrected chi connectivity index (χ0v) is 13.4. The minimum Gasteiger partial charge on any atom is -1.00 e. The second kappa shape index (κ2) is 9.28. The Morgan fingerprint density at radius 1 is 1.14 bits per heavy atom. The Labute approximate surface area is 136 Å². The number of carboxylic acids is 1. The molecule has 0 aliphatic carbocycles. The van der Waals surface area contributed by atoms with Gasteiger partial charge in [0, 0.05) is 5.56 Å². The van der Waals surface area contributed by atoms with Crippen LogP contribution in [-0.4, -0.2) is 17.6 Å². The van der Waals surface area contributed by atoms with Gasteiger partial charge in [0.15, 0.2) is 0 Å². The summed E-state index contributed by atoms with van der Waals surface area (Å²) in [5, 5.41) is 12.2. The molecule has 0 bridgehead atoms. The Balaban J connectivity index is 0.00000242. The topological polar surface area (TPSA) is 62.5 Å². The number of carboxylic acid groups (broad SMARTS) is 1. The predicted octanol–water partition coefficient (Wildman–Crippen LogP) is 0.929. The van der Waals surface area contributed by atoms with E-state index in [1.54, 1.807) is 24.3 Å². The third kappa shape index (κ3) is 5.20. The second-order valence-corrected chi connectivity index (χ2v) is 5.03. The van der Waals surface area contributed by atoms with E-state index < -0.39 is 5.97 Å². The van der Waals surface area contributed by atoms with E-state index in [0.29, 0.717) is 0 Å². The molecule has 1 aromatic heterocycles. The molecule has 2 rings (SSSR count). The van der Waals surface area contributed by atoms with Crippen LogP contribution in [-0.2, 0) is 6.54 Å². The van der Waals surface area contributed by atoms with E-state index in [9.17, 15) is 4.79 Å². The predicted molar refractivity (Wildman–Crippen MR) is 82.3 cm³/mol. The molecule has 0 spiro atoms. The Morgan fingerprint density at radius 3 is 2.50 bits per heavy atom. The van der Waals surface area contributed by atoms with Gasteiger partial charge in [-0.05, 0) is 37.2 Å². The Kier molecular flexibility index (Phi) is 7.71. The second-order valence-electron chi connectivity index (χ2n) is 5.03. The molecule has 0 radical (unpaired) electrons. The highest BCUT2D eigenvalue weighted by atomic mass is 35.5. The summed E-state index contributed by atoms with van der Waals surface area (Å²) in [4.78, 5) is 10.8. The molecule has 0 amide bonds. The highest BCUT2D eigenvalue weighted by Gasteiger charge is 2.06. The fourth-order valence-electron chi connectivity index (χ4n) is 2.12. The first kappa shape index (κ1) is 18.3. The molecule has 0 saturated carbocycles. The molecule has 4 nitrogen and oxygen atoms in total. The molecule has 120 valence electrons. The highest BCUT2D eigenvalue weighted by Crippen LogP contribution is 2.22. The van der Waals surface area contributed by atoms with Gasteiger partial charge in [0.25, 0.3) is 0 Å². The SMILES string of the molecule is CCCCCNCc1ccc(-c2ccc(C(=O)O)cc2)o1.[Cl-]. The van der Waals surface area contributed by atoms with Gasteiger partial charge in [-0.1, -0.05) is 31.9 Å². The fraction of sp³-hybridized carbons (Fsp3) is 0.353. The summed E-state index contributed by atoms with van der Waals surface area (Å²) in [5.74, 6) is 0.735. The number of furan rings is 1. The van der Waals surface area contributed by atoms with Gasteiger partial charge in [-0.15, -0.1) is 0 Å². The lowest BCUT2D eigenvalue weighted by atomic mass is 10.1. The molecule has 0 fully saturated rings. The maximum atomic E-state index is 10.8. The Morgan fingerprint density at radius 2 is 1.86 bits per heavy atom. The van der Waals surface area contributed by atoms with Crippen LogP contribution < -0.4 is 17.7 Å². The van der Waals surface area contributed by atoms with Crippen LogP contribution in [0.5, 0.6) is 0 Å². The molecule has 0 unspecified atom stereocenters. The average molecular weight is 323 g/mol. The van der Waals surface area contributed by atoms with E-state index in [4.69, 9.17) is 9.52 Å². The number of unbranched alkanes of at least 4 members (excludes halogenated alkanes) is 2. The van der Waals surface area contributed by atoms with Crippen LogP contribution in [0.15, 0.2) is 40.8 Å². The zero-order valence-electron chi connectivity index (χ0n) is 12.6. The van der Waals surface area contributed by atoms with E-state index in [1.165, 1.54) is 19.3 Å². The summed E-state index contributed by atoms with van der Waals surface area (Å²) < 4.78 is 5.77. The molecule has 1 aromatic carbocycles. The number of halogens is 1. The van der Waals surface area contributed by atoms with Gasteiger partial charge in [-0.3, -0.25) is 0 Å². The third-order valence-corrected chi connectivity index (χ3v) is 3.33. The normalized spacial score (nSPS) is 10.2. The van der Waals surface area contributed by atoms with Crippen LogP contribution in [0, 0.1) is 0 Å². The Bertz CT molecular complexity index is 578. The lowest BCUT2D eigenvalue weighted by molar-refractivity contribution is -0.0000204. The van der Waals surface area contributed by atoms with Crippen molar-refractivity contribution in [2.45, 2.75) is 32.7 Å². The molecule has 2 aromatic rings. The first-order valence-electron chi connectivity index (χ1n) is 7.34. The summed E-state index contributed by atoms with van der Waals surface area (Å²) in [6.45, 7) is 3.91. The minimum atomic E-state index is -0.919. The van der Waals surface area contributed by atoms with Crippen LogP contribution >= 0.6 is 0 Å². The van der Waals surface area contributed by atoms with E-state index in [0.717, 1.165) is 30.2 Å². The van der Waals surface area contributed by atoms with Crippen molar-refractivity contribution in [1.29, 1.82) is 0 Å². The standard InChI is InChI=1S/C17H21NO3.ClH/c1-2-3-4-11-18-12-15-9-10-16(21-15)13-5-7-14(8-6-13)17(19)20;/h5-10,18H,2-4,11-12H2,1H3,(H,19,20);1H/p-1. The minimum absolute atomic E-state index is 0. The molecule has 0 atom stereocenters. The van der Waals surface area contributed by atoms with Crippen molar-refractivity contribution < 1.29 is 26.7 Å². The van der Waals surface area contributed by atoms with Crippen LogP contribution in [0.3, 0.4) is 0 Å². The van der Waals surface area contributed by atoms with Gasteiger partial charge in [-0.2, -0.15) is 0 Å². The van der Waals surface area contributed by atoms with Crippen molar-refractivity contribution in [2.24, 2.45) is 0 Å². The molecule has 22 heavy (non-hydrogen) atoms. The van der Waals surface area contributed by atoms with E-state index >= 15 is 0 Å². The van der Waals surface area contributed by atoms with Crippen molar-refractivity contribution >= 4 is 5.97 Å². The number of hydrogen-bond acceptors (Lipinski definition) is 3. The zero-order chi connectivity index (χ0) is 15.1. The fourth-order valence-corrected chi connectivity index (χ4v) is 2.12. The number of rotatable bonds is 8. The van der Waals surface area contributed by atoms with Gasteiger partial charge < -0.3 is 27.2 Å². The number of benzene rings is 1. The van der Waals surface area contributed by atoms with Gasteiger partial charge in [0.2, 0.25) is 0 Å². The lowest BCUT2D eigenvalue weighted by Gasteiger charge is -2.02. The maximum absolute atomic E-state index is 10.8. The van der Waals surface area contributed by atoms with Gasteiger partial charge in [0.1, 0.15) is 11.5 Å². The number of nitrogens with one attached hydrogen (secondary N) is 1. The molecule has 2 N–H and O–H groups in total. The summed E-state index contributed by atoms with van der Waals surface area (Å²) in [6, 6.07) is 10.6. The summed E-state index contributed by atoms with van der Waals surface area (Å²) in [7, 11) is 0. The average Bonchev–Trinajstić information content (AvgIpc) is 2.96. The van der Waals surface area contributed by atoms with Crippen LogP contribution in [0.25, 0.3) is 11.3 Å². The molecule has 0 aliphatic rings. The van der Waals surface area contributed by atoms with Crippen LogP contribution in [0.1, 0.15) is 42.3 Å². The van der Waals surface area contributed by atoms with E-state index in [1.807, 2.05) is 12.1 Å². The highest BCUT2D eigenvalue weighted by molar-refractivity contribution is 5.88. The molecule has 5 heteroatoms. The summed E-state index contributed by atoms with van der Waals surface area (Å²) >= 11 is 0. The monoisotopic (exact) mass is 322 g/mol. The smallest absolute Gasteiger partial charge is 0.335 e. The quantitative estimate of drug-likeness (QED) is 0.710. The number of hydrogen-bond donors (Lipinski definition) is 2. The van der Waals surface area contributed by atoms with Gasteiger partial charge in [0.05, 0.1) is 12.1 Å². The Hall–Kier alpha value is -1.78. The molecule has 0 saturated heterocycles. The van der Waals surface area contributed by atoms with Crippen LogP contribution in [0.4, 0.5) is 0 Å².